The second-order valence-corrected chi connectivity index (χ2v) is 22.3. The molecule has 7 aromatic rings. The van der Waals surface area contributed by atoms with Gasteiger partial charge in [0.05, 0.1) is 51.8 Å². The predicted molar refractivity (Wildman–Crippen MR) is 275 cm³/mol. The number of hydrogen-bond donors (Lipinski definition) is 3. The molecule has 25 heteroatoms. The van der Waals surface area contributed by atoms with E-state index in [0.717, 1.165) is 43.4 Å². The lowest BCUT2D eigenvalue weighted by Gasteiger charge is -2.37. The number of aromatic nitrogens is 8. The number of fused-ring (bicyclic) bond motifs is 2. The third-order valence-electron chi connectivity index (χ3n) is 12.3. The van der Waals surface area contributed by atoms with Crippen molar-refractivity contribution in [2.24, 2.45) is 0 Å². The van der Waals surface area contributed by atoms with E-state index in [2.05, 4.69) is 58.5 Å². The van der Waals surface area contributed by atoms with Crippen LogP contribution in [0.1, 0.15) is 130 Å². The van der Waals surface area contributed by atoms with Gasteiger partial charge in [0.25, 0.3) is 5.91 Å². The van der Waals surface area contributed by atoms with E-state index in [1.807, 2.05) is 51.0 Å². The average Bonchev–Trinajstić information content (AvgIpc) is 4.23. The number of amides is 1. The molecule has 74 heavy (non-hydrogen) atoms. The Kier molecular flexibility index (Phi) is 16.4. The maximum absolute atomic E-state index is 13.4. The van der Waals surface area contributed by atoms with E-state index >= 15 is 0 Å². The molecule has 0 spiro atoms. The van der Waals surface area contributed by atoms with Crippen LogP contribution in [0.3, 0.4) is 0 Å². The number of piperidine rings is 2. The molecule has 1 amide bonds. The Balaban J connectivity index is 0.000000147. The number of likely N-dealkylation sites (tertiary alicyclic amines) is 1. The number of aromatic carboxylic acids is 2. The molecule has 3 N–H and O–H groups in total. The van der Waals surface area contributed by atoms with E-state index in [4.69, 9.17) is 29.2 Å². The molecule has 2 fully saturated rings. The van der Waals surface area contributed by atoms with Crippen LogP contribution in [0.15, 0.2) is 87.4 Å². The summed E-state index contributed by atoms with van der Waals surface area (Å²) in [6.07, 6.45) is 12.8. The van der Waals surface area contributed by atoms with E-state index in [1.54, 1.807) is 53.7 Å². The van der Waals surface area contributed by atoms with Crippen molar-refractivity contribution in [3.63, 3.8) is 0 Å². The minimum Gasteiger partial charge on any atom is -0.478 e. The lowest BCUT2D eigenvalue weighted by atomic mass is 9.97. The normalized spacial score (nSPS) is 19.9. The van der Waals surface area contributed by atoms with E-state index in [0.29, 0.717) is 54.5 Å². The number of halogens is 1. The largest absolute Gasteiger partial charge is 0.478 e. The van der Waals surface area contributed by atoms with Gasteiger partial charge in [-0.2, -0.15) is 20.4 Å². The fraction of sp³-hybridized carbons (Fsp3) is 0.367. The van der Waals surface area contributed by atoms with Crippen molar-refractivity contribution in [1.29, 1.82) is 0 Å². The van der Waals surface area contributed by atoms with Gasteiger partial charge in [-0.3, -0.25) is 4.79 Å². The number of carbonyl (C=O) groups excluding carboxylic acids is 3. The Labute approximate surface area is 444 Å². The second kappa shape index (κ2) is 22.7. The number of pyridine rings is 2. The van der Waals surface area contributed by atoms with Gasteiger partial charge < -0.3 is 39.4 Å². The maximum Gasteiger partial charge on any atom is 0.344 e. The fourth-order valence-corrected chi connectivity index (χ4v) is 11.3. The minimum absolute atomic E-state index is 0.0547. The standard InChI is InChI=1S/C22H23N5O4S.C15H20N2O3.C7H5N3O2S.C5H3BrO2S/c1-13-4-5-14(30-18-17-16(6-8-23-18)22(2,3)31-21(17)29)12-26(13)19(28)15-7-11-32-20(15)27-24-9-10-25-27;1-9-4-5-10(8-17-9)19-13-12-11(6-7-16-13)15(2,3)20-14(12)18;11-7(12)5-1-4-13-6(5)10-8-2-3-9-10;6-4-3(5(7)8)1-2-9-4/h6-11,13-14H,4-5,12H2,1-3H3;6-7,9-10,17H,4-5,8H2,1-3H3;1-4H,(H,11,12);1-2H,(H,7,8)/t13-,14-;9-,10-;;/m11../s1. The topological polar surface area (TPSA) is 265 Å². The third-order valence-corrected chi connectivity index (χ3v) is 15.7. The Hall–Kier alpha value is -6.93. The van der Waals surface area contributed by atoms with Gasteiger partial charge in [0.15, 0.2) is 10.0 Å². The molecular formula is C49H51BrN10O11S3. The first-order chi connectivity index (χ1) is 35.3. The van der Waals surface area contributed by atoms with Crippen molar-refractivity contribution in [3.8, 4) is 21.8 Å². The van der Waals surface area contributed by atoms with E-state index in [-0.39, 0.29) is 41.6 Å². The number of carboxylic acids is 2. The molecule has 0 aliphatic carbocycles. The Morgan fingerprint density at radius 1 is 0.662 bits per heavy atom. The smallest absolute Gasteiger partial charge is 0.344 e. The molecule has 0 radical (unpaired) electrons. The lowest BCUT2D eigenvalue weighted by molar-refractivity contribution is 0.00809. The summed E-state index contributed by atoms with van der Waals surface area (Å²) in [6, 6.07) is 9.09. The molecule has 0 bridgehead atoms. The fourth-order valence-electron chi connectivity index (χ4n) is 8.46. The predicted octanol–water partition coefficient (Wildman–Crippen LogP) is 8.44. The molecule has 388 valence electrons. The SMILES string of the molecule is C[C@@H]1CC[C@@H](Oc2nccc3c2C(=O)OC3(C)C)CN1.C[C@@H]1CC[C@@H](Oc2nccc3c2C(=O)OC3(C)C)CN1C(=O)c1ccsc1-n1nccn1.O=C(O)c1ccsc1-n1nccn1.O=C(O)c1ccsc1Br. The highest BCUT2D eigenvalue weighted by Crippen LogP contribution is 2.41. The molecular weight excluding hydrogens is 1080 g/mol. The second-order valence-electron chi connectivity index (χ2n) is 18.3. The number of hydrogen-bond acceptors (Lipinski definition) is 19. The van der Waals surface area contributed by atoms with Gasteiger partial charge in [-0.25, -0.2) is 29.1 Å². The summed E-state index contributed by atoms with van der Waals surface area (Å²) in [7, 11) is 0. The van der Waals surface area contributed by atoms with Crippen molar-refractivity contribution in [3.05, 3.63) is 126 Å². The van der Waals surface area contributed by atoms with Crippen LogP contribution in [0.4, 0.5) is 0 Å². The zero-order valence-corrected chi connectivity index (χ0v) is 44.9. The zero-order valence-electron chi connectivity index (χ0n) is 40.8. The maximum atomic E-state index is 13.4. The molecule has 11 rings (SSSR count). The van der Waals surface area contributed by atoms with Crippen LogP contribution in [0.2, 0.25) is 0 Å². The zero-order chi connectivity index (χ0) is 52.9. The van der Waals surface area contributed by atoms with Gasteiger partial charge in [0.1, 0.15) is 34.5 Å². The van der Waals surface area contributed by atoms with Crippen LogP contribution in [-0.2, 0) is 20.7 Å². The molecule has 0 saturated carbocycles. The van der Waals surface area contributed by atoms with Crippen molar-refractivity contribution < 1.29 is 53.1 Å². The minimum atomic E-state index is -0.964. The van der Waals surface area contributed by atoms with Crippen molar-refractivity contribution in [2.75, 3.05) is 13.1 Å². The highest BCUT2D eigenvalue weighted by molar-refractivity contribution is 9.11. The summed E-state index contributed by atoms with van der Waals surface area (Å²) in [5.74, 6) is -2.05. The number of thiophene rings is 3. The Morgan fingerprint density at radius 3 is 1.61 bits per heavy atom. The summed E-state index contributed by atoms with van der Waals surface area (Å²) in [5.41, 5.74) is 2.27. The first-order valence-corrected chi connectivity index (χ1v) is 26.7. The van der Waals surface area contributed by atoms with E-state index in [1.165, 1.54) is 62.1 Å². The number of carboxylic acid groups (broad SMARTS) is 2. The molecule has 2 saturated heterocycles. The molecule has 11 heterocycles. The summed E-state index contributed by atoms with van der Waals surface area (Å²) in [4.78, 5) is 72.0. The van der Waals surface area contributed by atoms with Crippen molar-refractivity contribution in [2.45, 2.75) is 103 Å². The van der Waals surface area contributed by atoms with E-state index < -0.39 is 29.1 Å². The summed E-state index contributed by atoms with van der Waals surface area (Å²) < 4.78 is 23.7. The number of nitrogens with one attached hydrogen (secondary N) is 1. The summed E-state index contributed by atoms with van der Waals surface area (Å²) >= 11 is 7.18. The van der Waals surface area contributed by atoms with E-state index in [9.17, 15) is 24.0 Å². The number of nitrogens with zero attached hydrogens (tertiary/aromatic N) is 9. The number of carbonyl (C=O) groups is 5. The number of cyclic esters (lactones) is 2. The first kappa shape index (κ1) is 53.4. The van der Waals surface area contributed by atoms with Crippen LogP contribution in [0.5, 0.6) is 11.8 Å². The van der Waals surface area contributed by atoms with Crippen LogP contribution in [0, 0.1) is 0 Å². The van der Waals surface area contributed by atoms with Crippen molar-refractivity contribution >= 4 is 79.7 Å². The van der Waals surface area contributed by atoms with Gasteiger partial charge in [-0.05, 0) is 130 Å². The molecule has 4 aliphatic rings. The molecule has 7 aromatic heterocycles. The van der Waals surface area contributed by atoms with Gasteiger partial charge in [0, 0.05) is 42.1 Å². The van der Waals surface area contributed by atoms with Crippen LogP contribution < -0.4 is 14.8 Å². The first-order valence-electron chi connectivity index (χ1n) is 23.2. The molecule has 0 unspecified atom stereocenters. The quantitative estimate of drug-likeness (QED) is 0.114. The van der Waals surface area contributed by atoms with Gasteiger partial charge >= 0.3 is 23.9 Å². The lowest BCUT2D eigenvalue weighted by Crippen LogP contribution is -2.49. The molecule has 4 aliphatic heterocycles. The number of ether oxygens (including phenoxy) is 4. The average molecular weight is 1130 g/mol. The molecule has 0 aromatic carbocycles. The van der Waals surface area contributed by atoms with Crippen molar-refractivity contribution in [1.82, 2.24) is 50.2 Å². The Bertz CT molecular complexity index is 3130. The molecule has 21 nitrogen and oxygen atoms in total. The third kappa shape index (κ3) is 11.9. The number of esters is 2. The Morgan fingerprint density at radius 2 is 1.14 bits per heavy atom. The van der Waals surface area contributed by atoms with Crippen LogP contribution in [-0.4, -0.2) is 122 Å². The molecule has 4 atom stereocenters. The highest BCUT2D eigenvalue weighted by atomic mass is 79.9. The summed E-state index contributed by atoms with van der Waals surface area (Å²) in [6.45, 7) is 12.8. The monoisotopic (exact) mass is 1130 g/mol. The number of rotatable bonds is 9. The highest BCUT2D eigenvalue weighted by Gasteiger charge is 2.43. The summed E-state index contributed by atoms with van der Waals surface area (Å²) in [5, 5.41) is 43.1. The van der Waals surface area contributed by atoms with Crippen LogP contribution in [0.25, 0.3) is 10.0 Å². The van der Waals surface area contributed by atoms with Gasteiger partial charge in [0.2, 0.25) is 11.8 Å². The van der Waals surface area contributed by atoms with Gasteiger partial charge in [-0.1, -0.05) is 0 Å². The van der Waals surface area contributed by atoms with Gasteiger partial charge in [-0.15, -0.1) is 43.6 Å². The van der Waals surface area contributed by atoms with Crippen LogP contribution >= 0.6 is 49.9 Å².